The number of benzene rings is 2. The van der Waals surface area contributed by atoms with Crippen LogP contribution in [0.4, 0.5) is 4.39 Å². The number of amides is 8. The quantitative estimate of drug-likeness (QED) is 0.0404. The van der Waals surface area contributed by atoms with Crippen LogP contribution >= 0.6 is 0 Å². The van der Waals surface area contributed by atoms with Gasteiger partial charge in [-0.2, -0.15) is 0 Å². The maximum absolute atomic E-state index is 14.6. The van der Waals surface area contributed by atoms with Crippen LogP contribution in [0.5, 0.6) is 0 Å². The molecule has 1 saturated heterocycles. The molecule has 2 aromatic carbocycles. The third kappa shape index (κ3) is 17.8. The van der Waals surface area contributed by atoms with Crippen LogP contribution in [0.3, 0.4) is 0 Å². The van der Waals surface area contributed by atoms with Crippen LogP contribution in [-0.2, 0) is 57.6 Å². The number of nitrogens with two attached hydrogens (primary N) is 2. The van der Waals surface area contributed by atoms with Crippen molar-refractivity contribution in [3.8, 4) is 0 Å². The zero-order valence-electron chi connectivity index (χ0n) is 40.6. The largest absolute Gasteiger partial charge is 0.370 e. The normalized spacial score (nSPS) is 20.6. The van der Waals surface area contributed by atoms with Gasteiger partial charge >= 0.3 is 0 Å². The molecule has 0 saturated carbocycles. The number of halogens is 1. The minimum atomic E-state index is -1.46. The van der Waals surface area contributed by atoms with Gasteiger partial charge in [0.25, 0.3) is 0 Å². The van der Waals surface area contributed by atoms with Gasteiger partial charge in [0.05, 0.1) is 6.33 Å². The Morgan fingerprint density at radius 2 is 1.44 bits per heavy atom. The smallest absolute Gasteiger partial charge is 0.243 e. The number of fused-ring (bicyclic) bond motifs is 1. The first-order valence-electron chi connectivity index (χ1n) is 24.3. The molecule has 14 N–H and O–H groups in total. The van der Waals surface area contributed by atoms with Gasteiger partial charge in [0, 0.05) is 81.2 Å². The summed E-state index contributed by atoms with van der Waals surface area (Å²) >= 11 is 0. The summed E-state index contributed by atoms with van der Waals surface area (Å²) in [6.45, 7) is 3.65. The number of aromatic nitrogens is 3. The Bertz CT molecular complexity index is 2490. The number of nitrogens with zero attached hydrogens (tertiary/aromatic N) is 2. The molecule has 388 valence electrons. The number of guanidine groups is 1. The van der Waals surface area contributed by atoms with E-state index < -0.39 is 89.3 Å². The fraction of sp³-hybridized carbons (Fsp3) is 0.469. The van der Waals surface area contributed by atoms with Crippen molar-refractivity contribution in [2.75, 3.05) is 19.6 Å². The molecule has 23 heteroatoms. The number of hydrogen-bond donors (Lipinski definition) is 12. The molecule has 0 aliphatic carbocycles. The number of unbranched alkanes of at least 4 members (excludes halogenated alkanes) is 1. The lowest BCUT2D eigenvalue weighted by molar-refractivity contribution is -0.135. The molecule has 1 unspecified atom stereocenters. The maximum Gasteiger partial charge on any atom is 0.243 e. The third-order valence-electron chi connectivity index (χ3n) is 12.0. The number of imidazole rings is 1. The fourth-order valence-corrected chi connectivity index (χ4v) is 8.12. The lowest BCUT2D eigenvalue weighted by atomic mass is 10.0. The monoisotopic (exact) mass is 999 g/mol. The van der Waals surface area contributed by atoms with E-state index in [1.54, 1.807) is 6.20 Å². The van der Waals surface area contributed by atoms with Crippen LogP contribution in [0.1, 0.15) is 88.5 Å². The van der Waals surface area contributed by atoms with Crippen LogP contribution in [0, 0.1) is 5.82 Å². The molecule has 1 fully saturated rings. The molecule has 2 aromatic heterocycles. The van der Waals surface area contributed by atoms with Crippen LogP contribution < -0.4 is 54.0 Å². The Morgan fingerprint density at radius 3 is 2.12 bits per heavy atom. The highest BCUT2D eigenvalue weighted by molar-refractivity contribution is 5.97. The van der Waals surface area contributed by atoms with E-state index in [1.165, 1.54) is 43.7 Å². The average molecular weight is 999 g/mol. The number of aliphatic imine (C=N–C) groups is 1. The predicted molar refractivity (Wildman–Crippen MR) is 266 cm³/mol. The Balaban J connectivity index is 1.52. The zero-order valence-corrected chi connectivity index (χ0v) is 40.6. The van der Waals surface area contributed by atoms with E-state index in [2.05, 4.69) is 62.5 Å². The first-order chi connectivity index (χ1) is 34.6. The second-order valence-electron chi connectivity index (χ2n) is 17.7. The van der Waals surface area contributed by atoms with Crippen molar-refractivity contribution in [3.63, 3.8) is 0 Å². The second-order valence-corrected chi connectivity index (χ2v) is 17.7. The van der Waals surface area contributed by atoms with Gasteiger partial charge in [-0.05, 0) is 67.9 Å². The van der Waals surface area contributed by atoms with Gasteiger partial charge in [-0.1, -0.05) is 50.1 Å². The summed E-state index contributed by atoms with van der Waals surface area (Å²) in [7, 11) is 0. The molecule has 22 nitrogen and oxygen atoms in total. The van der Waals surface area contributed by atoms with Gasteiger partial charge in [-0.3, -0.25) is 43.3 Å². The molecular formula is C49H67FN14O8. The molecule has 4 aromatic rings. The van der Waals surface area contributed by atoms with E-state index in [-0.39, 0.29) is 77.0 Å². The topological polar surface area (TPSA) is 342 Å². The van der Waals surface area contributed by atoms with E-state index in [1.807, 2.05) is 31.2 Å². The molecule has 5 rings (SSSR count). The van der Waals surface area contributed by atoms with E-state index in [4.69, 9.17) is 11.5 Å². The molecule has 72 heavy (non-hydrogen) atoms. The van der Waals surface area contributed by atoms with Crippen LogP contribution in [0.2, 0.25) is 0 Å². The number of nitrogens with one attached hydrogen (secondary N) is 10. The lowest BCUT2D eigenvalue weighted by Crippen LogP contribution is -2.60. The highest BCUT2D eigenvalue weighted by atomic mass is 19.1. The molecule has 0 radical (unpaired) electrons. The zero-order chi connectivity index (χ0) is 52.0. The summed E-state index contributed by atoms with van der Waals surface area (Å²) in [6.07, 6.45) is 6.37. The third-order valence-corrected chi connectivity index (χ3v) is 12.0. The number of H-pyrrole nitrogens is 2. The van der Waals surface area contributed by atoms with Gasteiger partial charge in [-0.25, -0.2) is 9.37 Å². The molecule has 0 spiro atoms. The Kier molecular flexibility index (Phi) is 21.5. The number of rotatable bonds is 16. The highest BCUT2D eigenvalue weighted by Gasteiger charge is 2.34. The second kappa shape index (κ2) is 28.1. The summed E-state index contributed by atoms with van der Waals surface area (Å²) in [5, 5.41) is 22.8. The maximum atomic E-state index is 14.6. The van der Waals surface area contributed by atoms with E-state index >= 15 is 0 Å². The van der Waals surface area contributed by atoms with Gasteiger partial charge in [-0.15, -0.1) is 0 Å². The van der Waals surface area contributed by atoms with Crippen molar-refractivity contribution in [2.24, 2.45) is 16.5 Å². The van der Waals surface area contributed by atoms with Crippen molar-refractivity contribution < 1.29 is 42.7 Å². The average Bonchev–Trinajstić information content (AvgIpc) is 4.03. The van der Waals surface area contributed by atoms with Crippen LogP contribution in [-0.4, -0.2) is 124 Å². The number of hydrogen-bond acceptors (Lipinski definition) is 10. The summed E-state index contributed by atoms with van der Waals surface area (Å²) in [6, 6.07) is 4.95. The van der Waals surface area contributed by atoms with E-state index in [0.29, 0.717) is 36.9 Å². The standard InChI is InChI=1S/C49H67FN14O8/c1-3-4-11-36(59-29(2)65)44(68)61-38-18-19-42(66)54-20-7-8-21-55-43(67)40(24-31-26-57-35-12-6-5-10-34(31)35)63-45(69)37(13-9-22-56-49(51)52)60-47(71)39(23-30-14-16-32(50)17-15-30)62-48(72)41(64-46(38)70)25-33-27-53-28-58-33/h5-6,10,12,14-17,26-28,36-41,57H,3-4,7-9,11,13,18-25H2,1-2H3,(H,53,58)(H,54,66)(H,55,67)(H,59,65)(H,60,71)(H,61,68)(H,62,72)(H,63,69)(H,64,70)(H4,51,52,56)/t36-,37-,38?,39+,40-,41-/m0/s1. The minimum Gasteiger partial charge on any atom is -0.370 e. The summed E-state index contributed by atoms with van der Waals surface area (Å²) in [5.41, 5.74) is 13.5. The van der Waals surface area contributed by atoms with Crippen molar-refractivity contribution in [3.05, 3.63) is 89.9 Å². The summed E-state index contributed by atoms with van der Waals surface area (Å²) in [5.74, 6) is -6.12. The molecule has 0 bridgehead atoms. The van der Waals surface area contributed by atoms with Crippen LogP contribution in [0.25, 0.3) is 10.9 Å². The Labute approximate surface area is 416 Å². The number of para-hydroxylation sites is 1. The molecular weight excluding hydrogens is 932 g/mol. The summed E-state index contributed by atoms with van der Waals surface area (Å²) < 4.78 is 14.1. The first kappa shape index (κ1) is 55.1. The predicted octanol–water partition coefficient (Wildman–Crippen LogP) is 0.0369. The van der Waals surface area contributed by atoms with Gasteiger partial charge in [0.2, 0.25) is 47.3 Å². The van der Waals surface area contributed by atoms with Crippen molar-refractivity contribution in [2.45, 2.75) is 127 Å². The SMILES string of the molecule is CCCC[C@H](NC(C)=O)C(=O)NC1CCC(=O)NCCCCNC(=O)[C@H](Cc2c[nH]c3ccccc23)NC(=O)[C@H](CCCN=C(N)N)NC(=O)[C@@H](Cc2ccc(F)cc2)NC(=O)[C@H](Cc2cnc[nH]2)NC1=O. The van der Waals surface area contributed by atoms with E-state index in [9.17, 15) is 42.7 Å². The minimum absolute atomic E-state index is 0.0223. The molecule has 3 heterocycles. The van der Waals surface area contributed by atoms with Crippen molar-refractivity contribution >= 4 is 64.1 Å². The van der Waals surface area contributed by atoms with Crippen LogP contribution in [0.15, 0.2) is 72.2 Å². The number of aromatic amines is 2. The van der Waals surface area contributed by atoms with Gasteiger partial charge < -0.3 is 64.0 Å². The number of carbonyl (C=O) groups excluding carboxylic acids is 8. The molecule has 6 atom stereocenters. The molecule has 1 aliphatic rings. The van der Waals surface area contributed by atoms with Crippen molar-refractivity contribution in [1.82, 2.24) is 57.5 Å². The Hall–Kier alpha value is -7.85. The first-order valence-corrected chi connectivity index (χ1v) is 24.3. The highest BCUT2D eigenvalue weighted by Crippen LogP contribution is 2.20. The summed E-state index contributed by atoms with van der Waals surface area (Å²) in [4.78, 5) is 125. The molecule has 8 amide bonds. The number of carbonyl (C=O) groups is 8. The lowest BCUT2D eigenvalue weighted by Gasteiger charge is -2.28. The fourth-order valence-electron chi connectivity index (χ4n) is 8.12. The van der Waals surface area contributed by atoms with Gasteiger partial charge in [0.15, 0.2) is 5.96 Å². The van der Waals surface area contributed by atoms with Crippen molar-refractivity contribution in [1.29, 1.82) is 0 Å². The van der Waals surface area contributed by atoms with Gasteiger partial charge in [0.1, 0.15) is 42.1 Å². The Morgan fingerprint density at radius 1 is 0.792 bits per heavy atom. The van der Waals surface area contributed by atoms with E-state index in [0.717, 1.165) is 16.5 Å². The molecule has 1 aliphatic heterocycles.